The van der Waals surface area contributed by atoms with E-state index in [1.165, 1.54) is 35.2 Å². The number of ether oxygens (including phenoxy) is 2. The van der Waals surface area contributed by atoms with Crippen molar-refractivity contribution in [3.63, 3.8) is 0 Å². The highest BCUT2D eigenvalue weighted by atomic mass is 16.5. The summed E-state index contributed by atoms with van der Waals surface area (Å²) in [4.78, 5) is 2.45. The minimum Gasteiger partial charge on any atom is -0.497 e. The third-order valence-electron chi connectivity index (χ3n) is 5.60. The Morgan fingerprint density at radius 3 is 2.64 bits per heavy atom. The molecule has 1 fully saturated rings. The molecule has 5 nitrogen and oxygen atoms in total. The van der Waals surface area contributed by atoms with Crippen LogP contribution in [-0.4, -0.2) is 43.7 Å². The van der Waals surface area contributed by atoms with Gasteiger partial charge in [0, 0.05) is 38.2 Å². The number of aromatic nitrogens is 2. The van der Waals surface area contributed by atoms with Crippen LogP contribution in [0.4, 0.5) is 5.82 Å². The quantitative estimate of drug-likeness (QED) is 0.581. The Hall–Kier alpha value is -2.53. The van der Waals surface area contributed by atoms with Gasteiger partial charge in [-0.25, -0.2) is 0 Å². The fourth-order valence-corrected chi connectivity index (χ4v) is 3.96. The summed E-state index contributed by atoms with van der Waals surface area (Å²) < 4.78 is 12.8. The third kappa shape index (κ3) is 3.59. The van der Waals surface area contributed by atoms with Gasteiger partial charge in [0.15, 0.2) is 0 Å². The Morgan fingerprint density at radius 1 is 1.14 bits per heavy atom. The van der Waals surface area contributed by atoms with Crippen molar-refractivity contribution < 1.29 is 9.47 Å². The first kappa shape index (κ1) is 18.8. The number of rotatable bonds is 8. The molecule has 148 valence electrons. The summed E-state index contributed by atoms with van der Waals surface area (Å²) in [6, 6.07) is 12.7. The van der Waals surface area contributed by atoms with Crippen molar-refractivity contribution in [2.45, 2.75) is 19.8 Å². The molecule has 4 rings (SSSR count). The van der Waals surface area contributed by atoms with Crippen LogP contribution in [0, 0.1) is 12.8 Å². The lowest BCUT2D eigenvalue weighted by Crippen LogP contribution is -2.31. The summed E-state index contributed by atoms with van der Waals surface area (Å²) in [5.74, 6) is 2.87. The van der Waals surface area contributed by atoms with Crippen LogP contribution in [0.25, 0.3) is 22.0 Å². The van der Waals surface area contributed by atoms with Gasteiger partial charge >= 0.3 is 0 Å². The van der Waals surface area contributed by atoms with Crippen LogP contribution in [0.1, 0.15) is 18.4 Å². The van der Waals surface area contributed by atoms with Crippen molar-refractivity contribution in [1.29, 1.82) is 0 Å². The SMILES string of the molecule is COCCN(CC1CC1)c1c2cccc(-c3ccc(OC)cc3C)c2nn1C. The van der Waals surface area contributed by atoms with Crippen LogP contribution in [0.3, 0.4) is 0 Å². The van der Waals surface area contributed by atoms with Gasteiger partial charge < -0.3 is 14.4 Å². The van der Waals surface area contributed by atoms with E-state index in [4.69, 9.17) is 14.6 Å². The predicted octanol–water partition coefficient (Wildman–Crippen LogP) is 4.42. The molecule has 0 amide bonds. The van der Waals surface area contributed by atoms with Crippen molar-refractivity contribution >= 4 is 16.7 Å². The summed E-state index contributed by atoms with van der Waals surface area (Å²) in [7, 11) is 5.52. The highest BCUT2D eigenvalue weighted by molar-refractivity contribution is 6.00. The largest absolute Gasteiger partial charge is 0.497 e. The molecule has 3 aromatic rings. The fraction of sp³-hybridized carbons (Fsp3) is 0.435. The second-order valence-corrected chi connectivity index (χ2v) is 7.71. The topological polar surface area (TPSA) is 39.5 Å². The number of benzene rings is 2. The van der Waals surface area contributed by atoms with Crippen LogP contribution in [0.2, 0.25) is 0 Å². The highest BCUT2D eigenvalue weighted by Crippen LogP contribution is 2.37. The van der Waals surface area contributed by atoms with Crippen molar-refractivity contribution in [2.75, 3.05) is 38.8 Å². The molecular weight excluding hydrogens is 350 g/mol. The lowest BCUT2D eigenvalue weighted by atomic mass is 9.98. The van der Waals surface area contributed by atoms with Gasteiger partial charge in [0.2, 0.25) is 0 Å². The number of hydrogen-bond acceptors (Lipinski definition) is 4. The maximum Gasteiger partial charge on any atom is 0.134 e. The molecule has 0 N–H and O–H groups in total. The molecule has 2 aromatic carbocycles. The molecule has 0 radical (unpaired) electrons. The van der Waals surface area contributed by atoms with Gasteiger partial charge in [-0.1, -0.05) is 18.2 Å². The van der Waals surface area contributed by atoms with E-state index in [0.29, 0.717) is 0 Å². The van der Waals surface area contributed by atoms with E-state index in [1.54, 1.807) is 14.2 Å². The molecule has 1 aliphatic rings. The molecule has 1 aliphatic carbocycles. The normalized spacial score (nSPS) is 13.9. The van der Waals surface area contributed by atoms with E-state index in [-0.39, 0.29) is 0 Å². The van der Waals surface area contributed by atoms with Gasteiger partial charge in [-0.05, 0) is 55.0 Å². The number of fused-ring (bicyclic) bond motifs is 1. The van der Waals surface area contributed by atoms with Gasteiger partial charge in [0.25, 0.3) is 0 Å². The lowest BCUT2D eigenvalue weighted by Gasteiger charge is -2.24. The van der Waals surface area contributed by atoms with Gasteiger partial charge in [0.05, 0.1) is 13.7 Å². The summed E-state index contributed by atoms with van der Waals surface area (Å²) in [6.07, 6.45) is 2.66. The monoisotopic (exact) mass is 379 g/mol. The van der Waals surface area contributed by atoms with Gasteiger partial charge in [-0.2, -0.15) is 5.10 Å². The van der Waals surface area contributed by atoms with Crippen LogP contribution in [0.15, 0.2) is 36.4 Å². The Kier molecular flexibility index (Phi) is 5.27. The van der Waals surface area contributed by atoms with E-state index < -0.39 is 0 Å². The van der Waals surface area contributed by atoms with E-state index in [1.807, 2.05) is 17.8 Å². The lowest BCUT2D eigenvalue weighted by molar-refractivity contribution is 0.204. The summed E-state index contributed by atoms with van der Waals surface area (Å²) >= 11 is 0. The standard InChI is InChI=1S/C23H29N3O2/c1-16-14-18(28-4)10-11-19(16)20-6-5-7-21-22(20)24-25(2)23(21)26(12-13-27-3)15-17-8-9-17/h5-7,10-11,14,17H,8-9,12-13,15H2,1-4H3. The maximum absolute atomic E-state index is 5.37. The van der Waals surface area contributed by atoms with Crippen molar-refractivity contribution in [3.8, 4) is 16.9 Å². The molecule has 0 bridgehead atoms. The van der Waals surface area contributed by atoms with Crippen LogP contribution in [-0.2, 0) is 11.8 Å². The Morgan fingerprint density at radius 2 is 1.96 bits per heavy atom. The molecule has 1 saturated carbocycles. The van der Waals surface area contributed by atoms with E-state index in [9.17, 15) is 0 Å². The van der Waals surface area contributed by atoms with E-state index in [2.05, 4.69) is 42.2 Å². The van der Waals surface area contributed by atoms with E-state index in [0.717, 1.165) is 42.4 Å². The number of hydrogen-bond donors (Lipinski definition) is 0. The summed E-state index contributed by atoms with van der Waals surface area (Å²) in [5, 5.41) is 6.13. The average molecular weight is 380 g/mol. The van der Waals surface area contributed by atoms with Crippen molar-refractivity contribution in [3.05, 3.63) is 42.0 Å². The zero-order valence-corrected chi connectivity index (χ0v) is 17.2. The molecule has 1 aromatic heterocycles. The molecule has 0 saturated heterocycles. The second-order valence-electron chi connectivity index (χ2n) is 7.71. The summed E-state index contributed by atoms with van der Waals surface area (Å²) in [5.41, 5.74) is 4.60. The Bertz CT molecular complexity index is 975. The molecule has 0 aliphatic heterocycles. The predicted molar refractivity (Wildman–Crippen MR) is 114 cm³/mol. The molecule has 0 unspecified atom stereocenters. The molecule has 28 heavy (non-hydrogen) atoms. The van der Waals surface area contributed by atoms with Gasteiger partial charge in [0.1, 0.15) is 17.1 Å². The summed E-state index contributed by atoms with van der Waals surface area (Å²) in [6.45, 7) is 4.80. The van der Waals surface area contributed by atoms with Crippen LogP contribution < -0.4 is 9.64 Å². The van der Waals surface area contributed by atoms with E-state index >= 15 is 0 Å². The average Bonchev–Trinajstić information content (AvgIpc) is 3.45. The minimum atomic E-state index is 0.719. The first-order valence-corrected chi connectivity index (χ1v) is 9.97. The smallest absolute Gasteiger partial charge is 0.134 e. The third-order valence-corrected chi connectivity index (χ3v) is 5.60. The highest BCUT2D eigenvalue weighted by Gasteiger charge is 2.27. The number of nitrogens with zero attached hydrogens (tertiary/aromatic N) is 3. The van der Waals surface area contributed by atoms with Crippen molar-refractivity contribution in [2.24, 2.45) is 13.0 Å². The van der Waals surface area contributed by atoms with Gasteiger partial charge in [-0.3, -0.25) is 4.68 Å². The zero-order valence-electron chi connectivity index (χ0n) is 17.2. The first-order chi connectivity index (χ1) is 13.6. The zero-order chi connectivity index (χ0) is 19.7. The molecule has 5 heteroatoms. The Labute approximate surface area is 166 Å². The molecular formula is C23H29N3O2. The number of methoxy groups -OCH3 is 2. The molecule has 0 atom stereocenters. The molecule has 1 heterocycles. The van der Waals surface area contributed by atoms with Crippen LogP contribution >= 0.6 is 0 Å². The van der Waals surface area contributed by atoms with Gasteiger partial charge in [-0.15, -0.1) is 0 Å². The Balaban J connectivity index is 1.80. The van der Waals surface area contributed by atoms with Crippen molar-refractivity contribution in [1.82, 2.24) is 9.78 Å². The molecule has 0 spiro atoms. The van der Waals surface area contributed by atoms with Crippen LogP contribution in [0.5, 0.6) is 5.75 Å². The fourth-order valence-electron chi connectivity index (χ4n) is 3.96. The number of anilines is 1. The maximum atomic E-state index is 5.37. The second kappa shape index (κ2) is 7.84. The first-order valence-electron chi connectivity index (χ1n) is 9.97. The minimum absolute atomic E-state index is 0.719. The number of aryl methyl sites for hydroxylation is 2.